The number of aliphatic hydroxyl groups is 1. The number of nitrogens with zero attached hydrogens (tertiary/aromatic N) is 4. The van der Waals surface area contributed by atoms with Crippen molar-refractivity contribution in [1.29, 1.82) is 0 Å². The number of aromatic nitrogens is 3. The largest absolute Gasteiger partial charge is 0.480 e. The van der Waals surface area contributed by atoms with E-state index in [1.807, 2.05) is 0 Å². The minimum Gasteiger partial charge on any atom is -0.480 e. The van der Waals surface area contributed by atoms with Crippen molar-refractivity contribution >= 4 is 45.6 Å². The number of rotatable bonds is 5. The first kappa shape index (κ1) is 25.9. The number of ether oxygens (including phenoxy) is 1. The molecular weight excluding hydrogens is 544 g/mol. The minimum atomic E-state index is -3.17. The predicted molar refractivity (Wildman–Crippen MR) is 138 cm³/mol. The van der Waals surface area contributed by atoms with Gasteiger partial charge in [0.05, 0.1) is 42.6 Å². The summed E-state index contributed by atoms with van der Waals surface area (Å²) < 4.78 is 64.5. The molecule has 2 aliphatic heterocycles. The summed E-state index contributed by atoms with van der Waals surface area (Å²) in [6.45, 7) is -2.04. The molecule has 1 aliphatic carbocycles. The topological polar surface area (TPSA) is 105 Å². The first-order valence-electron chi connectivity index (χ1n) is 12.5. The van der Waals surface area contributed by atoms with Crippen molar-refractivity contribution in [3.63, 3.8) is 0 Å². The fraction of sp³-hybridized carbons (Fsp3) is 0.480. The van der Waals surface area contributed by atoms with Crippen LogP contribution in [-0.2, 0) is 7.05 Å². The SMILES string of the molecule is Cn1c(=O)c2c(c3cc(Nc4nc(N5CC(F)(F)C[C@H]5CO)ncc4Cl)ccc31)N[C@@H](C1CC1)C(F)(F)CO2. The summed E-state index contributed by atoms with van der Waals surface area (Å²) in [6, 6.07) is 2.92. The number of hydrogen-bond acceptors (Lipinski definition) is 8. The maximum atomic E-state index is 14.9. The Kier molecular flexibility index (Phi) is 6.06. The van der Waals surface area contributed by atoms with E-state index in [1.54, 1.807) is 18.2 Å². The zero-order valence-corrected chi connectivity index (χ0v) is 21.5. The van der Waals surface area contributed by atoms with Gasteiger partial charge >= 0.3 is 5.92 Å². The average molecular weight is 569 g/mol. The van der Waals surface area contributed by atoms with Crippen LogP contribution >= 0.6 is 11.6 Å². The number of halogens is 5. The van der Waals surface area contributed by atoms with Gasteiger partial charge in [0.25, 0.3) is 11.5 Å². The van der Waals surface area contributed by atoms with Crippen LogP contribution in [0.25, 0.3) is 10.9 Å². The highest BCUT2D eigenvalue weighted by Gasteiger charge is 2.51. The molecule has 208 valence electrons. The van der Waals surface area contributed by atoms with Crippen LogP contribution in [0.4, 0.5) is 40.7 Å². The van der Waals surface area contributed by atoms with Gasteiger partial charge in [-0.3, -0.25) is 4.79 Å². The lowest BCUT2D eigenvalue weighted by atomic mass is 10.0. The highest BCUT2D eigenvalue weighted by Crippen LogP contribution is 2.45. The molecule has 3 N–H and O–H groups in total. The van der Waals surface area contributed by atoms with E-state index in [0.29, 0.717) is 29.4 Å². The van der Waals surface area contributed by atoms with Crippen molar-refractivity contribution in [2.45, 2.75) is 43.2 Å². The van der Waals surface area contributed by atoms with Gasteiger partial charge in [0.15, 0.2) is 12.4 Å². The molecule has 1 aromatic carbocycles. The summed E-state index contributed by atoms with van der Waals surface area (Å²) in [6.07, 6.45) is 2.06. The highest BCUT2D eigenvalue weighted by molar-refractivity contribution is 6.33. The quantitative estimate of drug-likeness (QED) is 0.395. The van der Waals surface area contributed by atoms with E-state index in [1.165, 1.54) is 22.7 Å². The summed E-state index contributed by atoms with van der Waals surface area (Å²) in [4.78, 5) is 22.6. The Morgan fingerprint density at radius 2 is 2.05 bits per heavy atom. The van der Waals surface area contributed by atoms with Crippen molar-refractivity contribution in [2.75, 3.05) is 35.3 Å². The van der Waals surface area contributed by atoms with Crippen LogP contribution in [0.15, 0.2) is 29.2 Å². The second-order valence-corrected chi connectivity index (χ2v) is 10.7. The average Bonchev–Trinajstić information content (AvgIpc) is 3.69. The van der Waals surface area contributed by atoms with E-state index in [4.69, 9.17) is 16.3 Å². The molecule has 0 radical (unpaired) electrons. The van der Waals surface area contributed by atoms with Crippen LogP contribution in [0, 0.1) is 5.92 Å². The van der Waals surface area contributed by atoms with Crippen LogP contribution in [0.2, 0.25) is 5.02 Å². The molecule has 2 fully saturated rings. The van der Waals surface area contributed by atoms with E-state index in [9.17, 15) is 27.5 Å². The van der Waals surface area contributed by atoms with Gasteiger partial charge in [-0.05, 0) is 37.0 Å². The summed E-state index contributed by atoms with van der Waals surface area (Å²) >= 11 is 6.31. The Hall–Kier alpha value is -3.32. The molecule has 1 saturated carbocycles. The molecule has 0 spiro atoms. The number of anilines is 4. The number of nitrogens with one attached hydrogen (secondary N) is 2. The summed E-state index contributed by atoms with van der Waals surface area (Å²) in [5, 5.41) is 16.1. The van der Waals surface area contributed by atoms with Gasteiger partial charge < -0.3 is 29.9 Å². The van der Waals surface area contributed by atoms with Crippen LogP contribution in [0.5, 0.6) is 5.75 Å². The minimum absolute atomic E-state index is 0.0280. The number of aryl methyl sites for hydroxylation is 1. The van der Waals surface area contributed by atoms with Crippen molar-refractivity contribution in [3.8, 4) is 5.75 Å². The molecule has 1 saturated heterocycles. The lowest BCUT2D eigenvalue weighted by molar-refractivity contribution is -0.0579. The summed E-state index contributed by atoms with van der Waals surface area (Å²) in [5.41, 5.74) is 0.577. The van der Waals surface area contributed by atoms with Gasteiger partial charge in [-0.25, -0.2) is 22.5 Å². The number of hydrogen-bond donors (Lipinski definition) is 3. The van der Waals surface area contributed by atoms with Gasteiger partial charge in [-0.15, -0.1) is 0 Å². The zero-order chi connectivity index (χ0) is 27.7. The monoisotopic (exact) mass is 568 g/mol. The fourth-order valence-electron chi connectivity index (χ4n) is 5.30. The molecule has 3 aromatic rings. The van der Waals surface area contributed by atoms with Gasteiger partial charge in [0.1, 0.15) is 5.02 Å². The van der Waals surface area contributed by atoms with E-state index in [-0.39, 0.29) is 34.1 Å². The standard InChI is InChI=1S/C25H25ClF4N6O3/c1-35-17-5-4-13(32-21-16(26)8-31-23(34-21)36-10-24(27,28)7-14(36)9-37)6-15(17)18-19(22(35)38)39-11-25(29,30)20(33-18)12-2-3-12/h4-6,8,12,14,20,33,37H,2-3,7,9-11H2,1H3,(H,31,32,34)/t14-,20-/m0/s1. The van der Waals surface area contributed by atoms with Crippen LogP contribution in [-0.4, -0.2) is 63.3 Å². The van der Waals surface area contributed by atoms with Gasteiger partial charge in [0, 0.05) is 24.5 Å². The normalized spacial score (nSPS) is 23.6. The molecule has 0 bridgehead atoms. The Labute approximate surface area is 224 Å². The second kappa shape index (κ2) is 9.12. The lowest BCUT2D eigenvalue weighted by Gasteiger charge is -2.25. The molecular formula is C25H25ClF4N6O3. The van der Waals surface area contributed by atoms with Crippen LogP contribution in [0.3, 0.4) is 0 Å². The number of alkyl halides is 4. The molecule has 2 aromatic heterocycles. The maximum Gasteiger partial charge on any atom is 0.301 e. The van der Waals surface area contributed by atoms with Crippen molar-refractivity contribution in [3.05, 3.63) is 39.8 Å². The molecule has 6 rings (SSSR count). The second-order valence-electron chi connectivity index (χ2n) is 10.3. The Morgan fingerprint density at radius 1 is 1.28 bits per heavy atom. The number of fused-ring (bicyclic) bond motifs is 3. The Balaban J connectivity index is 1.39. The van der Waals surface area contributed by atoms with E-state index >= 15 is 0 Å². The Morgan fingerprint density at radius 3 is 2.77 bits per heavy atom. The number of benzene rings is 1. The zero-order valence-electron chi connectivity index (χ0n) is 20.7. The van der Waals surface area contributed by atoms with Gasteiger partial charge in [0.2, 0.25) is 11.7 Å². The lowest BCUT2D eigenvalue weighted by Crippen LogP contribution is -2.44. The molecule has 9 nitrogen and oxygen atoms in total. The molecule has 0 amide bonds. The smallest absolute Gasteiger partial charge is 0.301 e. The molecule has 14 heteroatoms. The van der Waals surface area contributed by atoms with Gasteiger partial charge in [-0.2, -0.15) is 4.98 Å². The summed E-state index contributed by atoms with van der Waals surface area (Å²) in [7, 11) is 1.53. The highest BCUT2D eigenvalue weighted by atomic mass is 35.5. The first-order valence-corrected chi connectivity index (χ1v) is 12.8. The first-order chi connectivity index (χ1) is 18.5. The number of pyridine rings is 1. The van der Waals surface area contributed by atoms with Crippen molar-refractivity contribution in [1.82, 2.24) is 14.5 Å². The molecule has 39 heavy (non-hydrogen) atoms. The molecule has 4 heterocycles. The van der Waals surface area contributed by atoms with Crippen LogP contribution in [0.1, 0.15) is 19.3 Å². The third-order valence-corrected chi connectivity index (χ3v) is 7.73. The number of aliphatic hydroxyl groups excluding tert-OH is 1. The third-order valence-electron chi connectivity index (χ3n) is 7.45. The van der Waals surface area contributed by atoms with E-state index in [2.05, 4.69) is 20.6 Å². The van der Waals surface area contributed by atoms with Crippen molar-refractivity contribution in [2.24, 2.45) is 13.0 Å². The maximum absolute atomic E-state index is 14.9. The molecule has 3 aliphatic rings. The fourth-order valence-corrected chi connectivity index (χ4v) is 5.44. The Bertz CT molecular complexity index is 1520. The molecule has 0 unspecified atom stereocenters. The predicted octanol–water partition coefficient (Wildman–Crippen LogP) is 4.15. The summed E-state index contributed by atoms with van der Waals surface area (Å²) in [5.74, 6) is -6.49. The van der Waals surface area contributed by atoms with E-state index < -0.39 is 55.7 Å². The van der Waals surface area contributed by atoms with E-state index in [0.717, 1.165) is 0 Å². The van der Waals surface area contributed by atoms with Gasteiger partial charge in [-0.1, -0.05) is 11.6 Å². The third kappa shape index (κ3) is 4.61. The van der Waals surface area contributed by atoms with Crippen molar-refractivity contribution < 1.29 is 27.4 Å². The van der Waals surface area contributed by atoms with Crippen LogP contribution < -0.4 is 25.8 Å². The molecule has 2 atom stereocenters.